The predicted octanol–water partition coefficient (Wildman–Crippen LogP) is 2.59. The van der Waals surface area contributed by atoms with Gasteiger partial charge in [-0.1, -0.05) is 30.3 Å². The highest BCUT2D eigenvalue weighted by atomic mass is 16.6. The Balaban J connectivity index is 2.37. The standard InChI is InChI=1S/C15H12N2O4/c18-12-6-7-15(19)13(8-12)14(17(20)21)10-16-9-11-4-2-1-3-5-11/h1-8,18-19H,9H2. The number of phenols is 2. The maximum absolute atomic E-state index is 11.1. The van der Waals surface area contributed by atoms with E-state index >= 15 is 0 Å². The Bertz CT molecular complexity index is 720. The molecule has 106 valence electrons. The average molecular weight is 284 g/mol. The number of hydrogen-bond donors (Lipinski definition) is 2. The largest absolute Gasteiger partial charge is 0.508 e. The zero-order chi connectivity index (χ0) is 15.2. The molecule has 2 rings (SSSR count). The summed E-state index contributed by atoms with van der Waals surface area (Å²) < 4.78 is 0. The first-order valence-electron chi connectivity index (χ1n) is 6.08. The van der Waals surface area contributed by atoms with Crippen LogP contribution in [0, 0.1) is 10.1 Å². The first-order chi connectivity index (χ1) is 10.1. The van der Waals surface area contributed by atoms with Crippen molar-refractivity contribution in [1.82, 2.24) is 0 Å². The third-order valence-electron chi connectivity index (χ3n) is 2.71. The van der Waals surface area contributed by atoms with Crippen LogP contribution < -0.4 is 0 Å². The van der Waals surface area contributed by atoms with Crippen LogP contribution in [-0.2, 0) is 6.54 Å². The highest BCUT2D eigenvalue weighted by Crippen LogP contribution is 2.27. The van der Waals surface area contributed by atoms with Crippen LogP contribution in [0.25, 0.3) is 5.70 Å². The predicted molar refractivity (Wildman–Crippen MR) is 77.8 cm³/mol. The summed E-state index contributed by atoms with van der Waals surface area (Å²) in [5.41, 5.74) is 0.254. The van der Waals surface area contributed by atoms with Gasteiger partial charge in [-0.2, -0.15) is 0 Å². The molecule has 0 aliphatic heterocycles. The van der Waals surface area contributed by atoms with E-state index in [0.29, 0.717) is 0 Å². The van der Waals surface area contributed by atoms with Gasteiger partial charge in [0.05, 0.1) is 17.3 Å². The van der Waals surface area contributed by atoms with E-state index in [0.717, 1.165) is 11.6 Å². The summed E-state index contributed by atoms with van der Waals surface area (Å²) in [4.78, 5) is 14.2. The number of nitro groups is 1. The van der Waals surface area contributed by atoms with Crippen molar-refractivity contribution >= 4 is 11.6 Å². The normalized spacial score (nSPS) is 9.71. The highest BCUT2D eigenvalue weighted by Gasteiger charge is 2.19. The summed E-state index contributed by atoms with van der Waals surface area (Å²) >= 11 is 0. The van der Waals surface area contributed by atoms with Gasteiger partial charge >= 0.3 is 5.70 Å². The van der Waals surface area contributed by atoms with Gasteiger partial charge in [-0.3, -0.25) is 10.1 Å². The van der Waals surface area contributed by atoms with Crippen molar-refractivity contribution in [3.05, 3.63) is 69.8 Å². The molecule has 0 heterocycles. The van der Waals surface area contributed by atoms with Crippen molar-refractivity contribution in [2.24, 2.45) is 4.99 Å². The van der Waals surface area contributed by atoms with Gasteiger partial charge in [-0.15, -0.1) is 0 Å². The number of benzene rings is 2. The molecule has 2 N–H and O–H groups in total. The molecule has 0 amide bonds. The maximum Gasteiger partial charge on any atom is 0.341 e. The Morgan fingerprint density at radius 2 is 1.90 bits per heavy atom. The molecule has 0 radical (unpaired) electrons. The van der Waals surface area contributed by atoms with E-state index in [1.54, 1.807) is 0 Å². The molecule has 6 nitrogen and oxygen atoms in total. The van der Waals surface area contributed by atoms with Gasteiger partial charge in [0.25, 0.3) is 0 Å². The molecule has 0 atom stereocenters. The fourth-order valence-electron chi connectivity index (χ4n) is 1.70. The summed E-state index contributed by atoms with van der Waals surface area (Å²) in [5, 5.41) is 30.1. The zero-order valence-corrected chi connectivity index (χ0v) is 10.9. The topological polar surface area (TPSA) is 96.0 Å². The molecular formula is C15H12N2O4. The van der Waals surface area contributed by atoms with Gasteiger partial charge in [0.15, 0.2) is 0 Å². The number of aromatic hydroxyl groups is 2. The number of aliphatic imine (C=N–C) groups is 1. The monoisotopic (exact) mass is 284 g/mol. The van der Waals surface area contributed by atoms with Crippen LogP contribution in [0.4, 0.5) is 0 Å². The first kappa shape index (κ1) is 14.3. The first-order valence-corrected chi connectivity index (χ1v) is 6.08. The molecule has 0 spiro atoms. The van der Waals surface area contributed by atoms with Crippen LogP contribution in [0.1, 0.15) is 11.1 Å². The second kappa shape index (κ2) is 6.36. The number of rotatable bonds is 4. The van der Waals surface area contributed by atoms with Crippen molar-refractivity contribution in [3.63, 3.8) is 0 Å². The van der Waals surface area contributed by atoms with Crippen LogP contribution in [0.2, 0.25) is 0 Å². The molecule has 6 heteroatoms. The molecule has 0 aliphatic rings. The Labute approximate surface area is 120 Å². The third kappa shape index (κ3) is 3.68. The molecular weight excluding hydrogens is 272 g/mol. The molecule has 0 aliphatic carbocycles. The Morgan fingerprint density at radius 3 is 2.57 bits per heavy atom. The Morgan fingerprint density at radius 1 is 1.19 bits per heavy atom. The fourth-order valence-corrected chi connectivity index (χ4v) is 1.70. The quantitative estimate of drug-likeness (QED) is 0.390. The Kier molecular flexibility index (Phi) is 4.33. The van der Waals surface area contributed by atoms with Gasteiger partial charge in [0.2, 0.25) is 0 Å². The van der Waals surface area contributed by atoms with Crippen LogP contribution in [0.5, 0.6) is 11.5 Å². The lowest BCUT2D eigenvalue weighted by atomic mass is 10.1. The second-order valence-corrected chi connectivity index (χ2v) is 4.22. The van der Waals surface area contributed by atoms with Crippen molar-refractivity contribution in [2.75, 3.05) is 0 Å². The minimum Gasteiger partial charge on any atom is -0.508 e. The summed E-state index contributed by atoms with van der Waals surface area (Å²) in [7, 11) is 0. The van der Waals surface area contributed by atoms with E-state index in [1.807, 2.05) is 30.3 Å². The number of phenolic OH excluding ortho intramolecular Hbond substituents is 2. The third-order valence-corrected chi connectivity index (χ3v) is 2.71. The van der Waals surface area contributed by atoms with Gasteiger partial charge in [0.1, 0.15) is 17.1 Å². The van der Waals surface area contributed by atoms with Gasteiger partial charge in [-0.05, 0) is 23.8 Å². The van der Waals surface area contributed by atoms with Gasteiger partial charge in [-0.25, -0.2) is 4.99 Å². The fraction of sp³-hybridized carbons (Fsp3) is 0.0667. The molecule has 0 unspecified atom stereocenters. The van der Waals surface area contributed by atoms with Crippen LogP contribution in [-0.4, -0.2) is 21.0 Å². The van der Waals surface area contributed by atoms with Crippen LogP contribution >= 0.6 is 0 Å². The number of hydrogen-bond acceptors (Lipinski definition) is 5. The van der Waals surface area contributed by atoms with Crippen molar-refractivity contribution in [1.29, 1.82) is 0 Å². The molecule has 2 aromatic rings. The summed E-state index contributed by atoms with van der Waals surface area (Å²) in [6.45, 7) is 0.234. The SMILES string of the molecule is O=[N+]([O-])C(=C=NCc1ccccc1)c1cc(O)ccc1O. The molecule has 21 heavy (non-hydrogen) atoms. The second-order valence-electron chi connectivity index (χ2n) is 4.22. The lowest BCUT2D eigenvalue weighted by Gasteiger charge is -2.00. The lowest BCUT2D eigenvalue weighted by molar-refractivity contribution is -0.373. The van der Waals surface area contributed by atoms with Crippen LogP contribution in [0.3, 0.4) is 0 Å². The van der Waals surface area contributed by atoms with Gasteiger partial charge in [0, 0.05) is 0 Å². The van der Waals surface area contributed by atoms with Gasteiger partial charge < -0.3 is 10.2 Å². The molecule has 0 saturated heterocycles. The maximum atomic E-state index is 11.1. The van der Waals surface area contributed by atoms with E-state index in [9.17, 15) is 20.3 Å². The summed E-state index contributed by atoms with van der Waals surface area (Å²) in [6.07, 6.45) is 0. The van der Waals surface area contributed by atoms with E-state index in [2.05, 4.69) is 10.9 Å². The molecule has 0 fully saturated rings. The molecule has 0 aromatic heterocycles. The van der Waals surface area contributed by atoms with E-state index < -0.39 is 10.6 Å². The van der Waals surface area contributed by atoms with Crippen molar-refractivity contribution in [2.45, 2.75) is 6.54 Å². The van der Waals surface area contributed by atoms with Crippen molar-refractivity contribution in [3.8, 4) is 11.5 Å². The van der Waals surface area contributed by atoms with Crippen molar-refractivity contribution < 1.29 is 15.1 Å². The van der Waals surface area contributed by atoms with Crippen LogP contribution in [0.15, 0.2) is 53.5 Å². The minimum absolute atomic E-state index is 0.128. The van der Waals surface area contributed by atoms with E-state index in [1.165, 1.54) is 12.1 Å². The summed E-state index contributed by atoms with van der Waals surface area (Å²) in [6, 6.07) is 12.7. The molecule has 0 bridgehead atoms. The minimum atomic E-state index is -0.705. The molecule has 2 aromatic carbocycles. The highest BCUT2D eigenvalue weighted by molar-refractivity contribution is 5.87. The average Bonchev–Trinajstić information content (AvgIpc) is 2.47. The molecule has 0 saturated carbocycles. The lowest BCUT2D eigenvalue weighted by Crippen LogP contribution is -1.99. The van der Waals surface area contributed by atoms with E-state index in [4.69, 9.17) is 0 Å². The number of nitrogens with zero attached hydrogens (tertiary/aromatic N) is 2. The smallest absolute Gasteiger partial charge is 0.341 e. The summed E-state index contributed by atoms with van der Waals surface area (Å²) in [5.74, 6) is 1.82. The zero-order valence-electron chi connectivity index (χ0n) is 10.9. The Hall–Kier alpha value is -3.11. The van der Waals surface area contributed by atoms with E-state index in [-0.39, 0.29) is 23.6 Å².